The quantitative estimate of drug-likeness (QED) is 0.418. The van der Waals surface area contributed by atoms with Crippen LogP contribution in [0.3, 0.4) is 0 Å². The molecule has 71 valence electrons. The molecule has 0 aliphatic heterocycles. The maximum absolute atomic E-state index is 3.97. The first kappa shape index (κ1) is 15.2. The molecule has 0 amide bonds. The lowest BCUT2D eigenvalue weighted by atomic mass is 10.0. The van der Waals surface area contributed by atoms with Gasteiger partial charge in [-0.15, -0.1) is 0 Å². The summed E-state index contributed by atoms with van der Waals surface area (Å²) >= 11 is 0. The first-order valence-corrected chi connectivity index (χ1v) is 5.10. The molecule has 0 N–H and O–H groups in total. The van der Waals surface area contributed by atoms with Crippen molar-refractivity contribution in [1.82, 2.24) is 0 Å². The van der Waals surface area contributed by atoms with Crippen LogP contribution in [0.5, 0.6) is 0 Å². The average molecular weight is 182 g/mol. The molecular weight excluding hydrogens is 156 g/mol. The molecule has 0 saturated carbocycles. The summed E-state index contributed by atoms with van der Waals surface area (Å²) in [7, 11) is 0. The Bertz CT molecular complexity index is 69.4. The largest absolute Gasteiger partial charge is 0.316 e. The van der Waals surface area contributed by atoms with Crippen LogP contribution in [-0.2, 0) is 0 Å². The van der Waals surface area contributed by atoms with E-state index >= 15 is 0 Å². The predicted molar refractivity (Wildman–Crippen MR) is 61.1 cm³/mol. The van der Waals surface area contributed by atoms with Crippen molar-refractivity contribution in [3.05, 3.63) is 6.92 Å². The van der Waals surface area contributed by atoms with E-state index < -0.39 is 0 Å². The summed E-state index contributed by atoms with van der Waals surface area (Å²) in [6.07, 6.45) is 9.74. The van der Waals surface area contributed by atoms with Crippen molar-refractivity contribution in [2.45, 2.75) is 58.8 Å². The van der Waals surface area contributed by atoms with Crippen LogP contribution in [0.1, 0.15) is 58.8 Å². The highest BCUT2D eigenvalue weighted by molar-refractivity contribution is 5.75. The van der Waals surface area contributed by atoms with E-state index in [2.05, 4.69) is 20.8 Å². The maximum atomic E-state index is 3.97. The third-order valence-electron chi connectivity index (χ3n) is 2.05. The number of hydrogen-bond acceptors (Lipinski definition) is 0. The van der Waals surface area contributed by atoms with E-state index in [0.717, 1.165) is 0 Å². The molecule has 1 unspecified atom stereocenters. The molecule has 0 aromatic carbocycles. The van der Waals surface area contributed by atoms with Crippen LogP contribution in [0.4, 0.5) is 0 Å². The molecule has 0 aliphatic rings. The summed E-state index contributed by atoms with van der Waals surface area (Å²) in [5, 5.41) is 0. The standard InChI is InChI=1S/C11H23.Mg.2H/c1-4-5-6-7-8-9-10-11(2)3;;;/h11H,2,4-10H2,1,3H3;;;. The van der Waals surface area contributed by atoms with Crippen LogP contribution < -0.4 is 0 Å². The molecule has 0 rings (SSSR count). The smallest absolute Gasteiger partial charge is 0.0654 e. The second kappa shape index (κ2) is 11.8. The molecule has 0 fully saturated rings. The molecule has 1 atom stereocenters. The lowest BCUT2D eigenvalue weighted by Crippen LogP contribution is -1.87. The van der Waals surface area contributed by atoms with Crippen LogP contribution in [0.2, 0.25) is 0 Å². The van der Waals surface area contributed by atoms with Crippen molar-refractivity contribution in [2.24, 2.45) is 5.92 Å². The Morgan fingerprint density at radius 3 is 2.00 bits per heavy atom. The summed E-state index contributed by atoms with van der Waals surface area (Å²) < 4.78 is 0. The maximum Gasteiger partial charge on any atom is 0.316 e. The van der Waals surface area contributed by atoms with Gasteiger partial charge in [-0.3, -0.25) is 0 Å². The summed E-state index contributed by atoms with van der Waals surface area (Å²) in [6.45, 7) is 8.43. The molecule has 0 aliphatic carbocycles. The minimum absolute atomic E-state index is 0. The third-order valence-corrected chi connectivity index (χ3v) is 2.05. The first-order chi connectivity index (χ1) is 5.27. The van der Waals surface area contributed by atoms with E-state index in [0.29, 0.717) is 5.92 Å². The fourth-order valence-electron chi connectivity index (χ4n) is 1.27. The summed E-state index contributed by atoms with van der Waals surface area (Å²) in [4.78, 5) is 0. The summed E-state index contributed by atoms with van der Waals surface area (Å²) in [5.74, 6) is 0.654. The van der Waals surface area contributed by atoms with E-state index in [-0.39, 0.29) is 23.1 Å². The Hall–Kier alpha value is 0.766. The van der Waals surface area contributed by atoms with Crippen LogP contribution >= 0.6 is 0 Å². The molecule has 0 saturated heterocycles. The van der Waals surface area contributed by atoms with E-state index in [1.165, 1.54) is 44.9 Å². The monoisotopic (exact) mass is 181 g/mol. The minimum atomic E-state index is 0. The van der Waals surface area contributed by atoms with Gasteiger partial charge in [0.1, 0.15) is 0 Å². The van der Waals surface area contributed by atoms with Gasteiger partial charge in [-0.1, -0.05) is 65.7 Å². The van der Waals surface area contributed by atoms with Crippen molar-refractivity contribution in [1.29, 1.82) is 0 Å². The number of hydrogen-bond donors (Lipinski definition) is 0. The minimum Gasteiger partial charge on any atom is -0.0654 e. The van der Waals surface area contributed by atoms with Crippen LogP contribution in [0, 0.1) is 12.8 Å². The number of rotatable bonds is 7. The van der Waals surface area contributed by atoms with Crippen molar-refractivity contribution in [3.8, 4) is 0 Å². The second-order valence-electron chi connectivity index (χ2n) is 3.66. The van der Waals surface area contributed by atoms with Gasteiger partial charge < -0.3 is 0 Å². The summed E-state index contributed by atoms with van der Waals surface area (Å²) in [5.41, 5.74) is 0. The van der Waals surface area contributed by atoms with Crippen molar-refractivity contribution in [3.63, 3.8) is 0 Å². The Morgan fingerprint density at radius 2 is 1.50 bits per heavy atom. The van der Waals surface area contributed by atoms with Gasteiger partial charge >= 0.3 is 23.1 Å². The van der Waals surface area contributed by atoms with E-state index in [4.69, 9.17) is 0 Å². The molecule has 0 bridgehead atoms. The second-order valence-corrected chi connectivity index (χ2v) is 3.66. The van der Waals surface area contributed by atoms with Crippen LogP contribution in [0.25, 0.3) is 0 Å². The Labute approximate surface area is 94.7 Å². The zero-order valence-electron chi connectivity index (χ0n) is 8.23. The Morgan fingerprint density at radius 1 is 1.00 bits per heavy atom. The predicted octanol–water partition coefficient (Wildman–Crippen LogP) is 3.29. The fraction of sp³-hybridized carbons (Fsp3) is 0.909. The molecule has 1 heteroatoms. The first-order valence-electron chi connectivity index (χ1n) is 5.10. The highest BCUT2D eigenvalue weighted by Crippen LogP contribution is 2.10. The van der Waals surface area contributed by atoms with Crippen LogP contribution in [0.15, 0.2) is 0 Å². The molecule has 0 spiro atoms. The van der Waals surface area contributed by atoms with Crippen molar-refractivity contribution < 1.29 is 0 Å². The zero-order chi connectivity index (χ0) is 8.53. The average Bonchev–Trinajstić information content (AvgIpc) is 1.96. The van der Waals surface area contributed by atoms with Crippen LogP contribution in [-0.4, -0.2) is 23.1 Å². The van der Waals surface area contributed by atoms with Gasteiger partial charge in [0.25, 0.3) is 0 Å². The highest BCUT2D eigenvalue weighted by Gasteiger charge is 1.93. The summed E-state index contributed by atoms with van der Waals surface area (Å²) in [6, 6.07) is 0. The molecule has 12 heavy (non-hydrogen) atoms. The van der Waals surface area contributed by atoms with Gasteiger partial charge in [-0.25, -0.2) is 0 Å². The van der Waals surface area contributed by atoms with Gasteiger partial charge in [0, 0.05) is 0 Å². The zero-order valence-corrected chi connectivity index (χ0v) is 8.23. The SMILES string of the molecule is [CH2]C(C)CCCCCCCC.[MgH2]. The van der Waals surface area contributed by atoms with E-state index in [1.807, 2.05) is 0 Å². The molecule has 0 aromatic rings. The Kier molecular flexibility index (Phi) is 15.0. The lowest BCUT2D eigenvalue weighted by molar-refractivity contribution is 0.541. The van der Waals surface area contributed by atoms with Gasteiger partial charge in [0.05, 0.1) is 0 Å². The number of unbranched alkanes of at least 4 members (excludes halogenated alkanes) is 5. The highest BCUT2D eigenvalue weighted by atomic mass is 24.3. The Balaban J connectivity index is 0. The van der Waals surface area contributed by atoms with E-state index in [9.17, 15) is 0 Å². The lowest BCUT2D eigenvalue weighted by Gasteiger charge is -2.03. The molecule has 0 nitrogen and oxygen atoms in total. The molecule has 1 radical (unpaired) electrons. The third kappa shape index (κ3) is 13.4. The topological polar surface area (TPSA) is 0 Å². The fourth-order valence-corrected chi connectivity index (χ4v) is 1.27. The molecule has 0 heterocycles. The molecule has 0 aromatic heterocycles. The van der Waals surface area contributed by atoms with Gasteiger partial charge in [-0.05, 0) is 5.92 Å². The normalized spacial score (nSPS) is 10.0. The van der Waals surface area contributed by atoms with Gasteiger partial charge in [-0.2, -0.15) is 0 Å². The van der Waals surface area contributed by atoms with Crippen molar-refractivity contribution in [2.75, 3.05) is 0 Å². The van der Waals surface area contributed by atoms with E-state index in [1.54, 1.807) is 0 Å². The van der Waals surface area contributed by atoms with Gasteiger partial charge in [0.2, 0.25) is 0 Å². The van der Waals surface area contributed by atoms with Crippen molar-refractivity contribution >= 4 is 23.1 Å². The van der Waals surface area contributed by atoms with Gasteiger partial charge in [0.15, 0.2) is 0 Å². The molecular formula is C11H25Mg.